The molecule has 5 heteroatoms. The fourth-order valence-electron chi connectivity index (χ4n) is 14.8. The molecule has 0 aromatic carbocycles. The smallest absolute Gasteiger partial charge is 0.0110 e. The molecule has 1 heterocycles. The maximum absolute atomic E-state index is 2.94. The van der Waals surface area contributed by atoms with Gasteiger partial charge in [0, 0.05) is 65.4 Å². The molecule has 1 aliphatic heterocycles. The molecule has 1 fully saturated rings. The molecule has 0 amide bonds. The normalized spacial score (nSPS) is 13.6. The molecule has 0 saturated carbocycles. The Hall–Kier alpha value is -0.980. The number of piperazine rings is 1. The molecule has 0 N–H and O–H groups in total. The SMILES string of the molecule is CCCCCCCC/C=C\CCCCCCCCN(CCCCCCCC/C=C\CCCCCCCC)CCN(CCCCCCCC/C=C\CCCCCCCCCC)CCN1CCN(CCN(CCCCCCCCCCCC)CCCCCCCCCCCC)CC1. The van der Waals surface area contributed by atoms with Gasteiger partial charge in [0.1, 0.15) is 0 Å². The van der Waals surface area contributed by atoms with Gasteiger partial charge in [0.15, 0.2) is 0 Å². The number of rotatable bonds is 81. The van der Waals surface area contributed by atoms with Crippen molar-refractivity contribution in [3.63, 3.8) is 0 Å². The van der Waals surface area contributed by atoms with Crippen molar-refractivity contribution in [1.29, 1.82) is 0 Å². The minimum absolute atomic E-state index is 1.26. The highest BCUT2D eigenvalue weighted by Gasteiger charge is 2.19. The first-order valence-electron chi connectivity index (χ1n) is 44.7. The summed E-state index contributed by atoms with van der Waals surface area (Å²) in [5.74, 6) is 0. The van der Waals surface area contributed by atoms with Gasteiger partial charge in [0.2, 0.25) is 0 Å². The molecule has 0 aromatic heterocycles. The fourth-order valence-corrected chi connectivity index (χ4v) is 14.8. The molecule has 95 heavy (non-hydrogen) atoms. The van der Waals surface area contributed by atoms with Crippen LogP contribution in [0.4, 0.5) is 0 Å². The zero-order valence-electron chi connectivity index (χ0n) is 66.6. The average Bonchev–Trinajstić information content (AvgIpc) is 3.03. The second-order valence-electron chi connectivity index (χ2n) is 31.1. The van der Waals surface area contributed by atoms with E-state index in [1.165, 1.54) is 509 Å². The highest BCUT2D eigenvalue weighted by atomic mass is 15.3. The maximum atomic E-state index is 2.94. The summed E-state index contributed by atoms with van der Waals surface area (Å²) in [6, 6.07) is 0. The van der Waals surface area contributed by atoms with Crippen LogP contribution < -0.4 is 0 Å². The summed E-state index contributed by atoms with van der Waals surface area (Å²) in [6.45, 7) is 30.9. The number of allylic oxidation sites excluding steroid dienone is 6. The zero-order valence-corrected chi connectivity index (χ0v) is 66.6. The third-order valence-corrected chi connectivity index (χ3v) is 21.8. The van der Waals surface area contributed by atoms with E-state index >= 15 is 0 Å². The van der Waals surface area contributed by atoms with E-state index in [0.29, 0.717) is 0 Å². The molecule has 0 radical (unpaired) electrons. The van der Waals surface area contributed by atoms with Gasteiger partial charge >= 0.3 is 0 Å². The minimum atomic E-state index is 1.26. The molecular formula is C90H179N5. The summed E-state index contributed by atoms with van der Waals surface area (Å²) in [5, 5.41) is 0. The van der Waals surface area contributed by atoms with Crippen LogP contribution in [0.3, 0.4) is 0 Å². The van der Waals surface area contributed by atoms with Crippen molar-refractivity contribution in [2.45, 2.75) is 446 Å². The molecule has 0 bridgehead atoms. The van der Waals surface area contributed by atoms with Crippen LogP contribution in [0.1, 0.15) is 446 Å². The van der Waals surface area contributed by atoms with Crippen molar-refractivity contribution in [2.24, 2.45) is 0 Å². The van der Waals surface area contributed by atoms with Crippen molar-refractivity contribution in [3.8, 4) is 0 Å². The van der Waals surface area contributed by atoms with E-state index in [4.69, 9.17) is 0 Å². The molecule has 0 unspecified atom stereocenters. The van der Waals surface area contributed by atoms with Crippen molar-refractivity contribution in [3.05, 3.63) is 36.5 Å². The van der Waals surface area contributed by atoms with Gasteiger partial charge < -0.3 is 14.7 Å². The Balaban J connectivity index is 2.84. The Morgan fingerprint density at radius 2 is 0.316 bits per heavy atom. The summed E-state index contributed by atoms with van der Waals surface area (Å²) in [4.78, 5) is 14.5. The lowest BCUT2D eigenvalue weighted by molar-refractivity contribution is 0.104. The summed E-state index contributed by atoms with van der Waals surface area (Å²) in [7, 11) is 0. The van der Waals surface area contributed by atoms with Crippen molar-refractivity contribution < 1.29 is 0 Å². The van der Waals surface area contributed by atoms with Gasteiger partial charge in [-0.1, -0.05) is 373 Å². The summed E-state index contributed by atoms with van der Waals surface area (Å²) < 4.78 is 0. The van der Waals surface area contributed by atoms with Gasteiger partial charge in [0.05, 0.1) is 0 Å². The quantitative estimate of drug-likeness (QED) is 0.0444. The predicted molar refractivity (Wildman–Crippen MR) is 433 cm³/mol. The van der Waals surface area contributed by atoms with Crippen LogP contribution in [0.2, 0.25) is 0 Å². The molecule has 0 aliphatic carbocycles. The Morgan fingerprint density at radius 1 is 0.168 bits per heavy atom. The minimum Gasteiger partial charge on any atom is -0.302 e. The van der Waals surface area contributed by atoms with Crippen LogP contribution in [0.5, 0.6) is 0 Å². The summed E-state index contributed by atoms with van der Waals surface area (Å²) in [5.41, 5.74) is 0. The van der Waals surface area contributed by atoms with Crippen molar-refractivity contribution in [1.82, 2.24) is 24.5 Å². The van der Waals surface area contributed by atoms with E-state index in [0.717, 1.165) is 0 Å². The zero-order chi connectivity index (χ0) is 68.0. The van der Waals surface area contributed by atoms with Gasteiger partial charge in [-0.25, -0.2) is 0 Å². The van der Waals surface area contributed by atoms with Gasteiger partial charge in [-0.15, -0.1) is 0 Å². The molecule has 1 aliphatic rings. The Morgan fingerprint density at radius 3 is 0.505 bits per heavy atom. The Labute approximate surface area is 601 Å². The van der Waals surface area contributed by atoms with Crippen LogP contribution in [-0.4, -0.2) is 123 Å². The van der Waals surface area contributed by atoms with E-state index in [9.17, 15) is 0 Å². The molecule has 0 atom stereocenters. The molecule has 564 valence electrons. The molecular weight excluding hydrogens is 1150 g/mol. The van der Waals surface area contributed by atoms with E-state index < -0.39 is 0 Å². The van der Waals surface area contributed by atoms with Crippen molar-refractivity contribution in [2.75, 3.05) is 98.2 Å². The van der Waals surface area contributed by atoms with E-state index in [2.05, 4.69) is 95.6 Å². The first-order chi connectivity index (χ1) is 47.2. The lowest BCUT2D eigenvalue weighted by Crippen LogP contribution is -2.50. The first-order valence-corrected chi connectivity index (χ1v) is 44.7. The lowest BCUT2D eigenvalue weighted by atomic mass is 10.1. The molecule has 5 nitrogen and oxygen atoms in total. The topological polar surface area (TPSA) is 16.2 Å². The fraction of sp³-hybridized carbons (Fsp3) is 0.933. The van der Waals surface area contributed by atoms with E-state index in [1.807, 2.05) is 0 Å². The largest absolute Gasteiger partial charge is 0.302 e. The van der Waals surface area contributed by atoms with Crippen molar-refractivity contribution >= 4 is 0 Å². The third kappa shape index (κ3) is 71.2. The number of hydrogen-bond donors (Lipinski definition) is 0. The van der Waals surface area contributed by atoms with Gasteiger partial charge in [0.25, 0.3) is 0 Å². The summed E-state index contributed by atoms with van der Waals surface area (Å²) in [6.07, 6.45) is 105. The number of unbranched alkanes of at least 4 members (excludes halogenated alkanes) is 56. The predicted octanol–water partition coefficient (Wildman–Crippen LogP) is 28.2. The van der Waals surface area contributed by atoms with Crippen LogP contribution in [-0.2, 0) is 0 Å². The maximum Gasteiger partial charge on any atom is 0.0110 e. The van der Waals surface area contributed by atoms with Crippen LogP contribution in [0, 0.1) is 0 Å². The van der Waals surface area contributed by atoms with Crippen LogP contribution >= 0.6 is 0 Å². The first kappa shape index (κ1) is 92.0. The lowest BCUT2D eigenvalue weighted by Gasteiger charge is -2.37. The standard InChI is InChI=1S/C90H179N5/c1-6-11-16-21-26-31-36-39-42-45-46-49-52-55-60-65-70-75-80-93(84-86-95-89-87-94(88-90-95)85-82-92(78-73-66-61-56-34-29-24-19-14-9-4)79-74-67-62-57-35-30-25-20-15-10-5)83-81-91(76-71-68-63-58-53-50-47-43-40-37-32-27-22-17-12-7-2)77-72-69-64-59-54-51-48-44-41-38-33-28-23-18-13-8-3/h40-41,43-46H,6-39,42,47-90H2,1-5H3/b43-40-,44-41-,46-45-. The van der Waals surface area contributed by atoms with Gasteiger partial charge in [-0.2, -0.15) is 0 Å². The van der Waals surface area contributed by atoms with Gasteiger partial charge in [-0.3, -0.25) is 9.80 Å². The molecule has 1 rings (SSSR count). The molecule has 0 spiro atoms. The second-order valence-corrected chi connectivity index (χ2v) is 31.1. The van der Waals surface area contributed by atoms with Gasteiger partial charge in [-0.05, 0) is 142 Å². The average molecular weight is 1330 g/mol. The molecule has 0 aromatic rings. The molecule has 1 saturated heterocycles. The number of hydrogen-bond acceptors (Lipinski definition) is 5. The highest BCUT2D eigenvalue weighted by molar-refractivity contribution is 4.83. The highest BCUT2D eigenvalue weighted by Crippen LogP contribution is 2.19. The van der Waals surface area contributed by atoms with Crippen LogP contribution in [0.15, 0.2) is 36.5 Å². The van der Waals surface area contributed by atoms with Crippen LogP contribution in [0.25, 0.3) is 0 Å². The second kappa shape index (κ2) is 80.3. The summed E-state index contributed by atoms with van der Waals surface area (Å²) >= 11 is 0. The van der Waals surface area contributed by atoms with E-state index in [-0.39, 0.29) is 0 Å². The Kier molecular flexibility index (Phi) is 77.8. The monoisotopic (exact) mass is 1330 g/mol. The Bertz CT molecular complexity index is 1420. The number of nitrogens with zero attached hydrogens (tertiary/aromatic N) is 5. The van der Waals surface area contributed by atoms with E-state index in [1.54, 1.807) is 0 Å². The third-order valence-electron chi connectivity index (χ3n) is 21.8.